The fourth-order valence-corrected chi connectivity index (χ4v) is 0.942. The van der Waals surface area contributed by atoms with Crippen molar-refractivity contribution < 1.29 is 4.84 Å². The van der Waals surface area contributed by atoms with Crippen LogP contribution < -0.4 is 5.90 Å². The van der Waals surface area contributed by atoms with Crippen LogP contribution in [0.2, 0.25) is 0 Å². The third kappa shape index (κ3) is 2.05. The molecule has 0 saturated heterocycles. The van der Waals surface area contributed by atoms with Gasteiger partial charge < -0.3 is 4.84 Å². The van der Waals surface area contributed by atoms with Crippen LogP contribution in [0.4, 0.5) is 0 Å². The SMILES string of the molecule is NOCCc1csnn1. The minimum atomic E-state index is 0.505. The molecule has 4 nitrogen and oxygen atoms in total. The second-order valence-corrected chi connectivity index (χ2v) is 2.13. The van der Waals surface area contributed by atoms with Gasteiger partial charge >= 0.3 is 0 Å². The summed E-state index contributed by atoms with van der Waals surface area (Å²) in [6, 6.07) is 0. The van der Waals surface area contributed by atoms with Gasteiger partial charge in [-0.25, -0.2) is 5.90 Å². The Kier molecular flexibility index (Phi) is 2.56. The van der Waals surface area contributed by atoms with Crippen molar-refractivity contribution in [3.63, 3.8) is 0 Å². The molecular formula is C4H7N3OS. The lowest BCUT2D eigenvalue weighted by Gasteiger charge is -1.90. The van der Waals surface area contributed by atoms with E-state index in [1.807, 2.05) is 5.38 Å². The smallest absolute Gasteiger partial charge is 0.0779 e. The molecule has 0 amide bonds. The van der Waals surface area contributed by atoms with Gasteiger partial charge in [0.15, 0.2) is 0 Å². The number of aromatic nitrogens is 2. The molecular weight excluding hydrogens is 138 g/mol. The molecule has 0 aromatic carbocycles. The average Bonchev–Trinajstić information content (AvgIpc) is 2.34. The fourth-order valence-electron chi connectivity index (χ4n) is 0.456. The highest BCUT2D eigenvalue weighted by molar-refractivity contribution is 7.03. The van der Waals surface area contributed by atoms with Crippen LogP contribution in [0.1, 0.15) is 5.69 Å². The van der Waals surface area contributed by atoms with Crippen molar-refractivity contribution in [2.24, 2.45) is 5.90 Å². The Labute approximate surface area is 56.8 Å². The van der Waals surface area contributed by atoms with Crippen LogP contribution in [0.5, 0.6) is 0 Å². The summed E-state index contributed by atoms with van der Waals surface area (Å²) in [4.78, 5) is 4.35. The largest absolute Gasteiger partial charge is 0.304 e. The Morgan fingerprint density at radius 3 is 3.22 bits per heavy atom. The van der Waals surface area contributed by atoms with E-state index in [9.17, 15) is 0 Å². The van der Waals surface area contributed by atoms with E-state index in [0.29, 0.717) is 6.61 Å². The van der Waals surface area contributed by atoms with Crippen LogP contribution in [0.15, 0.2) is 5.38 Å². The standard InChI is InChI=1S/C4H7N3OS/c5-8-2-1-4-3-9-7-6-4/h3H,1-2,5H2. The highest BCUT2D eigenvalue weighted by Crippen LogP contribution is 1.96. The van der Waals surface area contributed by atoms with Gasteiger partial charge in [-0.3, -0.25) is 0 Å². The molecule has 9 heavy (non-hydrogen) atoms. The summed E-state index contributed by atoms with van der Waals surface area (Å²) in [5, 5.41) is 5.66. The maximum Gasteiger partial charge on any atom is 0.0779 e. The summed E-state index contributed by atoms with van der Waals surface area (Å²) in [7, 11) is 0. The third-order valence-electron chi connectivity index (χ3n) is 0.881. The second kappa shape index (κ2) is 3.49. The molecule has 0 saturated carbocycles. The first-order valence-electron chi connectivity index (χ1n) is 2.51. The van der Waals surface area contributed by atoms with E-state index in [1.54, 1.807) is 0 Å². The molecule has 0 aliphatic heterocycles. The zero-order chi connectivity index (χ0) is 6.53. The molecule has 1 aromatic heterocycles. The molecule has 2 N–H and O–H groups in total. The van der Waals surface area contributed by atoms with E-state index in [-0.39, 0.29) is 0 Å². The molecule has 0 spiro atoms. The molecule has 0 aliphatic rings. The molecule has 0 fully saturated rings. The minimum Gasteiger partial charge on any atom is -0.304 e. The lowest BCUT2D eigenvalue weighted by Crippen LogP contribution is -2.03. The maximum absolute atomic E-state index is 4.80. The fraction of sp³-hybridized carbons (Fsp3) is 0.500. The summed E-state index contributed by atoms with van der Waals surface area (Å²) in [5.74, 6) is 4.80. The third-order valence-corrected chi connectivity index (χ3v) is 1.43. The molecule has 0 atom stereocenters. The average molecular weight is 145 g/mol. The summed E-state index contributed by atoms with van der Waals surface area (Å²) in [6.07, 6.45) is 0.743. The number of nitrogens with two attached hydrogens (primary N) is 1. The Morgan fingerprint density at radius 1 is 1.78 bits per heavy atom. The summed E-state index contributed by atoms with van der Waals surface area (Å²) in [6.45, 7) is 0.505. The Balaban J connectivity index is 2.30. The van der Waals surface area contributed by atoms with Crippen molar-refractivity contribution in [3.05, 3.63) is 11.1 Å². The Morgan fingerprint density at radius 2 is 2.67 bits per heavy atom. The Bertz CT molecular complexity index is 153. The first-order chi connectivity index (χ1) is 4.43. The lowest BCUT2D eigenvalue weighted by atomic mass is 10.4. The second-order valence-electron chi connectivity index (χ2n) is 1.52. The van der Waals surface area contributed by atoms with Crippen molar-refractivity contribution in [2.45, 2.75) is 6.42 Å². The maximum atomic E-state index is 4.80. The zero-order valence-electron chi connectivity index (χ0n) is 4.78. The van der Waals surface area contributed by atoms with Gasteiger partial charge in [0.2, 0.25) is 0 Å². The number of hydrogen-bond acceptors (Lipinski definition) is 5. The molecule has 0 aliphatic carbocycles. The van der Waals surface area contributed by atoms with Crippen LogP contribution >= 0.6 is 11.5 Å². The van der Waals surface area contributed by atoms with Gasteiger partial charge in [-0.1, -0.05) is 4.49 Å². The van der Waals surface area contributed by atoms with Crippen molar-refractivity contribution in [1.29, 1.82) is 0 Å². The lowest BCUT2D eigenvalue weighted by molar-refractivity contribution is 0.140. The van der Waals surface area contributed by atoms with Crippen LogP contribution in [0, 0.1) is 0 Å². The molecule has 0 radical (unpaired) electrons. The predicted molar refractivity (Wildman–Crippen MR) is 33.8 cm³/mol. The topological polar surface area (TPSA) is 61.0 Å². The summed E-state index contributed by atoms with van der Waals surface area (Å²) >= 11 is 1.33. The van der Waals surface area contributed by atoms with Gasteiger partial charge in [-0.15, -0.1) is 5.10 Å². The number of hydrogen-bond donors (Lipinski definition) is 1. The molecule has 1 rings (SSSR count). The van der Waals surface area contributed by atoms with Crippen LogP contribution in [0.25, 0.3) is 0 Å². The van der Waals surface area contributed by atoms with Gasteiger partial charge in [-0.05, 0) is 11.5 Å². The quantitative estimate of drug-likeness (QED) is 0.607. The van der Waals surface area contributed by atoms with Crippen molar-refractivity contribution in [3.8, 4) is 0 Å². The van der Waals surface area contributed by atoms with Gasteiger partial charge in [0.1, 0.15) is 0 Å². The van der Waals surface area contributed by atoms with Gasteiger partial charge in [-0.2, -0.15) is 0 Å². The zero-order valence-corrected chi connectivity index (χ0v) is 5.60. The summed E-state index contributed by atoms with van der Waals surface area (Å²) < 4.78 is 3.67. The Hall–Kier alpha value is -0.520. The molecule has 0 bridgehead atoms. The monoisotopic (exact) mass is 145 g/mol. The number of rotatable bonds is 3. The molecule has 50 valence electrons. The van der Waals surface area contributed by atoms with E-state index in [1.165, 1.54) is 11.5 Å². The van der Waals surface area contributed by atoms with Crippen molar-refractivity contribution in [2.75, 3.05) is 6.61 Å². The van der Waals surface area contributed by atoms with E-state index in [2.05, 4.69) is 14.4 Å². The molecule has 1 aromatic rings. The van der Waals surface area contributed by atoms with Crippen molar-refractivity contribution in [1.82, 2.24) is 9.59 Å². The molecule has 0 unspecified atom stereocenters. The number of nitrogens with zero attached hydrogens (tertiary/aromatic N) is 2. The highest BCUT2D eigenvalue weighted by atomic mass is 32.1. The first kappa shape index (κ1) is 6.60. The van der Waals surface area contributed by atoms with Crippen LogP contribution in [0.3, 0.4) is 0 Å². The van der Waals surface area contributed by atoms with E-state index in [4.69, 9.17) is 5.90 Å². The van der Waals surface area contributed by atoms with E-state index < -0.39 is 0 Å². The highest BCUT2D eigenvalue weighted by Gasteiger charge is 1.93. The van der Waals surface area contributed by atoms with E-state index >= 15 is 0 Å². The molecule has 1 heterocycles. The van der Waals surface area contributed by atoms with Crippen LogP contribution in [-0.2, 0) is 11.3 Å². The summed E-state index contributed by atoms with van der Waals surface area (Å²) in [5.41, 5.74) is 0.936. The normalized spacial score (nSPS) is 9.89. The first-order valence-corrected chi connectivity index (χ1v) is 3.35. The predicted octanol–water partition coefficient (Wildman–Crippen LogP) is -0.0291. The molecule has 5 heteroatoms. The van der Waals surface area contributed by atoms with Crippen molar-refractivity contribution >= 4 is 11.5 Å². The van der Waals surface area contributed by atoms with Gasteiger partial charge in [0, 0.05) is 11.8 Å². The van der Waals surface area contributed by atoms with Gasteiger partial charge in [0.05, 0.1) is 12.3 Å². The van der Waals surface area contributed by atoms with E-state index in [0.717, 1.165) is 12.1 Å². The van der Waals surface area contributed by atoms with Gasteiger partial charge in [0.25, 0.3) is 0 Å². The van der Waals surface area contributed by atoms with Crippen LogP contribution in [-0.4, -0.2) is 16.2 Å². The minimum absolute atomic E-state index is 0.505.